The molecular formula is C15H21N3O. The first-order valence-corrected chi connectivity index (χ1v) is 6.66. The summed E-state index contributed by atoms with van der Waals surface area (Å²) in [6.07, 6.45) is 4.84. The molecule has 0 saturated carbocycles. The molecule has 0 aliphatic carbocycles. The van der Waals surface area contributed by atoms with Gasteiger partial charge in [-0.15, -0.1) is 0 Å². The Balaban J connectivity index is 1.71. The van der Waals surface area contributed by atoms with Crippen molar-refractivity contribution in [3.8, 4) is 0 Å². The van der Waals surface area contributed by atoms with E-state index in [1.165, 1.54) is 11.1 Å². The first kappa shape index (κ1) is 13.8. The first-order valence-electron chi connectivity index (χ1n) is 6.66. The molecule has 0 aliphatic heterocycles. The van der Waals surface area contributed by atoms with E-state index >= 15 is 0 Å². The van der Waals surface area contributed by atoms with Gasteiger partial charge in [-0.05, 0) is 25.5 Å². The molecular weight excluding hydrogens is 238 g/mol. The number of nitrogens with one attached hydrogen (secondary N) is 1. The van der Waals surface area contributed by atoms with E-state index in [1.54, 1.807) is 4.68 Å². The summed E-state index contributed by atoms with van der Waals surface area (Å²) in [4.78, 5) is 0. The number of aryl methyl sites for hydroxylation is 1. The zero-order valence-corrected chi connectivity index (χ0v) is 11.3. The third-order valence-corrected chi connectivity index (χ3v) is 3.02. The molecule has 0 amide bonds. The summed E-state index contributed by atoms with van der Waals surface area (Å²) >= 11 is 0. The molecule has 0 bridgehead atoms. The summed E-state index contributed by atoms with van der Waals surface area (Å²) in [6, 6.07) is 8.60. The minimum atomic E-state index is 0.127. The smallest absolute Gasteiger partial charge is 0.0640 e. The van der Waals surface area contributed by atoms with Gasteiger partial charge in [0.15, 0.2) is 0 Å². The largest absolute Gasteiger partial charge is 0.394 e. The van der Waals surface area contributed by atoms with E-state index in [-0.39, 0.29) is 6.61 Å². The summed E-state index contributed by atoms with van der Waals surface area (Å²) in [5, 5.41) is 16.4. The van der Waals surface area contributed by atoms with E-state index in [0.717, 1.165) is 25.1 Å². The van der Waals surface area contributed by atoms with Crippen molar-refractivity contribution in [1.82, 2.24) is 15.1 Å². The molecule has 0 radical (unpaired) electrons. The van der Waals surface area contributed by atoms with Crippen LogP contribution in [0.1, 0.15) is 16.7 Å². The zero-order valence-electron chi connectivity index (χ0n) is 11.3. The SMILES string of the molecule is Cc1cccc(CCNCc2cnn(CCO)c2)c1. The Bertz CT molecular complexity index is 508. The number of aromatic nitrogens is 2. The second-order valence-corrected chi connectivity index (χ2v) is 4.75. The minimum absolute atomic E-state index is 0.127. The topological polar surface area (TPSA) is 50.1 Å². The quantitative estimate of drug-likeness (QED) is 0.741. The van der Waals surface area contributed by atoms with Gasteiger partial charge < -0.3 is 10.4 Å². The Morgan fingerprint density at radius 1 is 1.32 bits per heavy atom. The molecule has 1 heterocycles. The highest BCUT2D eigenvalue weighted by atomic mass is 16.3. The van der Waals surface area contributed by atoms with E-state index in [0.29, 0.717) is 6.54 Å². The lowest BCUT2D eigenvalue weighted by Gasteiger charge is -2.04. The van der Waals surface area contributed by atoms with Gasteiger partial charge in [0, 0.05) is 18.3 Å². The van der Waals surface area contributed by atoms with Gasteiger partial charge >= 0.3 is 0 Å². The van der Waals surface area contributed by atoms with E-state index < -0.39 is 0 Å². The Morgan fingerprint density at radius 2 is 2.21 bits per heavy atom. The molecule has 0 fully saturated rings. The predicted octanol–water partition coefficient (Wildman–Crippen LogP) is 1.52. The van der Waals surface area contributed by atoms with Crippen LogP contribution < -0.4 is 5.32 Å². The number of nitrogens with zero attached hydrogens (tertiary/aromatic N) is 2. The minimum Gasteiger partial charge on any atom is -0.394 e. The molecule has 2 aromatic rings. The van der Waals surface area contributed by atoms with E-state index in [4.69, 9.17) is 5.11 Å². The van der Waals surface area contributed by atoms with Crippen LogP contribution in [-0.4, -0.2) is 28.0 Å². The standard InChI is InChI=1S/C15H21N3O/c1-13-3-2-4-14(9-13)5-6-16-10-15-11-17-18(12-15)7-8-19/h2-4,9,11-12,16,19H,5-8,10H2,1H3. The molecule has 4 heteroatoms. The Labute approximate surface area is 114 Å². The Kier molecular flexibility index (Phi) is 5.12. The van der Waals surface area contributed by atoms with Gasteiger partial charge in [-0.2, -0.15) is 5.10 Å². The molecule has 0 unspecified atom stereocenters. The summed E-state index contributed by atoms with van der Waals surface area (Å²) in [6.45, 7) is 4.57. The Hall–Kier alpha value is -1.65. The molecule has 1 aromatic heterocycles. The lowest BCUT2D eigenvalue weighted by atomic mass is 10.1. The molecule has 1 aromatic carbocycles. The summed E-state index contributed by atoms with van der Waals surface area (Å²) < 4.78 is 1.76. The average molecular weight is 259 g/mol. The van der Waals surface area contributed by atoms with Crippen molar-refractivity contribution in [2.45, 2.75) is 26.4 Å². The van der Waals surface area contributed by atoms with Gasteiger partial charge in [-0.3, -0.25) is 4.68 Å². The van der Waals surface area contributed by atoms with E-state index in [9.17, 15) is 0 Å². The van der Waals surface area contributed by atoms with E-state index in [1.807, 2.05) is 12.4 Å². The molecule has 19 heavy (non-hydrogen) atoms. The molecule has 0 spiro atoms. The maximum atomic E-state index is 8.82. The number of rotatable bonds is 7. The second kappa shape index (κ2) is 7.07. The van der Waals surface area contributed by atoms with Gasteiger partial charge in [0.1, 0.15) is 0 Å². The van der Waals surface area contributed by atoms with Crippen LogP contribution in [0.4, 0.5) is 0 Å². The van der Waals surface area contributed by atoms with Gasteiger partial charge in [-0.1, -0.05) is 29.8 Å². The fraction of sp³-hybridized carbons (Fsp3) is 0.400. The van der Waals surface area contributed by atoms with Crippen molar-refractivity contribution in [1.29, 1.82) is 0 Å². The van der Waals surface area contributed by atoms with Crippen molar-refractivity contribution >= 4 is 0 Å². The van der Waals surface area contributed by atoms with Gasteiger partial charge in [0.25, 0.3) is 0 Å². The van der Waals surface area contributed by atoms with Crippen molar-refractivity contribution in [3.05, 3.63) is 53.3 Å². The van der Waals surface area contributed by atoms with Crippen LogP contribution in [-0.2, 0) is 19.5 Å². The fourth-order valence-electron chi connectivity index (χ4n) is 2.06. The third-order valence-electron chi connectivity index (χ3n) is 3.02. The molecule has 0 saturated heterocycles. The summed E-state index contributed by atoms with van der Waals surface area (Å²) in [5.41, 5.74) is 3.82. The van der Waals surface area contributed by atoms with Crippen LogP contribution in [0.15, 0.2) is 36.7 Å². The normalized spacial score (nSPS) is 10.8. The average Bonchev–Trinajstić information content (AvgIpc) is 2.83. The third kappa shape index (κ3) is 4.50. The number of benzene rings is 1. The molecule has 0 aliphatic rings. The lowest BCUT2D eigenvalue weighted by Crippen LogP contribution is -2.16. The van der Waals surface area contributed by atoms with Crippen LogP contribution in [0.5, 0.6) is 0 Å². The van der Waals surface area contributed by atoms with Gasteiger partial charge in [0.05, 0.1) is 19.3 Å². The second-order valence-electron chi connectivity index (χ2n) is 4.75. The number of hydrogen-bond acceptors (Lipinski definition) is 3. The predicted molar refractivity (Wildman–Crippen MR) is 75.9 cm³/mol. The molecule has 4 nitrogen and oxygen atoms in total. The van der Waals surface area contributed by atoms with Crippen LogP contribution in [0.2, 0.25) is 0 Å². The van der Waals surface area contributed by atoms with Crippen molar-refractivity contribution in [2.24, 2.45) is 0 Å². The van der Waals surface area contributed by atoms with Gasteiger partial charge in [0.2, 0.25) is 0 Å². The number of aliphatic hydroxyl groups excluding tert-OH is 1. The number of hydrogen-bond donors (Lipinski definition) is 2. The van der Waals surface area contributed by atoms with Crippen LogP contribution >= 0.6 is 0 Å². The maximum absolute atomic E-state index is 8.82. The van der Waals surface area contributed by atoms with Crippen molar-refractivity contribution < 1.29 is 5.11 Å². The summed E-state index contributed by atoms with van der Waals surface area (Å²) in [5.74, 6) is 0. The molecule has 2 N–H and O–H groups in total. The fourth-order valence-corrected chi connectivity index (χ4v) is 2.06. The Morgan fingerprint density at radius 3 is 3.00 bits per heavy atom. The summed E-state index contributed by atoms with van der Waals surface area (Å²) in [7, 11) is 0. The molecule has 0 atom stereocenters. The lowest BCUT2D eigenvalue weighted by molar-refractivity contribution is 0.269. The highest BCUT2D eigenvalue weighted by molar-refractivity contribution is 5.22. The zero-order chi connectivity index (χ0) is 13.5. The van der Waals surface area contributed by atoms with E-state index in [2.05, 4.69) is 41.6 Å². The van der Waals surface area contributed by atoms with Crippen LogP contribution in [0.25, 0.3) is 0 Å². The molecule has 102 valence electrons. The molecule has 2 rings (SSSR count). The van der Waals surface area contributed by atoms with Crippen molar-refractivity contribution in [2.75, 3.05) is 13.2 Å². The van der Waals surface area contributed by atoms with Gasteiger partial charge in [-0.25, -0.2) is 0 Å². The van der Waals surface area contributed by atoms with Crippen molar-refractivity contribution in [3.63, 3.8) is 0 Å². The van der Waals surface area contributed by atoms with Crippen LogP contribution in [0.3, 0.4) is 0 Å². The highest BCUT2D eigenvalue weighted by Crippen LogP contribution is 2.04. The first-order chi connectivity index (χ1) is 9.28. The highest BCUT2D eigenvalue weighted by Gasteiger charge is 1.98. The van der Waals surface area contributed by atoms with Crippen LogP contribution in [0, 0.1) is 6.92 Å². The maximum Gasteiger partial charge on any atom is 0.0640 e. The number of aliphatic hydroxyl groups is 1. The monoisotopic (exact) mass is 259 g/mol.